The number of ether oxygens (including phenoxy) is 1. The predicted molar refractivity (Wildman–Crippen MR) is 79.1 cm³/mol. The average molecular weight is 346 g/mol. The van der Waals surface area contributed by atoms with E-state index < -0.39 is 18.0 Å². The second-order valence-electron chi connectivity index (χ2n) is 6.39. The van der Waals surface area contributed by atoms with Crippen molar-refractivity contribution in [1.82, 2.24) is 15.1 Å². The van der Waals surface area contributed by atoms with Crippen molar-refractivity contribution in [3.8, 4) is 0 Å². The number of carbonyl (C=O) groups is 1. The summed E-state index contributed by atoms with van der Waals surface area (Å²) in [6.45, 7) is 1.37. The van der Waals surface area contributed by atoms with Crippen molar-refractivity contribution >= 4 is 5.91 Å². The summed E-state index contributed by atoms with van der Waals surface area (Å²) >= 11 is 0. The third-order valence-electron chi connectivity index (χ3n) is 4.71. The van der Waals surface area contributed by atoms with Gasteiger partial charge in [0.25, 0.3) is 5.91 Å². The van der Waals surface area contributed by atoms with Crippen LogP contribution in [0.25, 0.3) is 0 Å². The van der Waals surface area contributed by atoms with E-state index in [1.165, 1.54) is 0 Å². The summed E-state index contributed by atoms with van der Waals surface area (Å²) in [6, 6.07) is 1.04. The summed E-state index contributed by atoms with van der Waals surface area (Å²) in [6.07, 6.45) is -2.16. The molecule has 1 aromatic heterocycles. The van der Waals surface area contributed by atoms with E-state index in [2.05, 4.69) is 10.2 Å². The molecule has 2 saturated heterocycles. The molecule has 0 radical (unpaired) electrons. The molecule has 0 aromatic carbocycles. The van der Waals surface area contributed by atoms with Gasteiger partial charge in [0, 0.05) is 31.2 Å². The third kappa shape index (κ3) is 3.56. The van der Waals surface area contributed by atoms with Crippen LogP contribution in [0.4, 0.5) is 13.2 Å². The minimum absolute atomic E-state index is 0.0820. The molecule has 3 heterocycles. The molecular formula is C15H21F3N4O2. The first-order chi connectivity index (χ1) is 11.4. The number of amides is 1. The van der Waals surface area contributed by atoms with Crippen molar-refractivity contribution in [3.63, 3.8) is 0 Å². The number of nitrogens with two attached hydrogens (primary N) is 1. The molecule has 2 fully saturated rings. The molecule has 0 bridgehead atoms. The molecule has 0 aliphatic carbocycles. The predicted octanol–water partition coefficient (Wildman–Crippen LogP) is 1.64. The summed E-state index contributed by atoms with van der Waals surface area (Å²) < 4.78 is 43.7. The first kappa shape index (κ1) is 17.2. The lowest BCUT2D eigenvalue weighted by Crippen LogP contribution is -2.44. The molecule has 0 spiro atoms. The van der Waals surface area contributed by atoms with E-state index in [0.29, 0.717) is 31.7 Å². The van der Waals surface area contributed by atoms with Gasteiger partial charge in [-0.15, -0.1) is 0 Å². The number of hydrogen-bond acceptors (Lipinski definition) is 4. The lowest BCUT2D eigenvalue weighted by Gasteiger charge is -2.33. The second kappa shape index (κ2) is 6.72. The number of alkyl halides is 3. The number of rotatable bonds is 3. The summed E-state index contributed by atoms with van der Waals surface area (Å²) in [4.78, 5) is 14.2. The third-order valence-corrected chi connectivity index (χ3v) is 4.71. The fourth-order valence-corrected chi connectivity index (χ4v) is 3.39. The van der Waals surface area contributed by atoms with E-state index in [1.807, 2.05) is 0 Å². The smallest absolute Gasteiger partial charge is 0.364 e. The van der Waals surface area contributed by atoms with Crippen LogP contribution in [-0.2, 0) is 15.7 Å². The number of piperidine rings is 1. The lowest BCUT2D eigenvalue weighted by atomic mass is 9.94. The SMILES string of the molecule is NC[C@H]1CC[C@@H](C(=O)N2CCCC(c3cc(C(F)(F)F)n[nH]3)C2)O1. The number of hydrogen-bond donors (Lipinski definition) is 2. The Balaban J connectivity index is 1.64. The molecule has 6 nitrogen and oxygen atoms in total. The van der Waals surface area contributed by atoms with Gasteiger partial charge in [0.05, 0.1) is 6.10 Å². The number of likely N-dealkylation sites (tertiary alicyclic amines) is 1. The lowest BCUT2D eigenvalue weighted by molar-refractivity contribution is -0.144. The van der Waals surface area contributed by atoms with Crippen molar-refractivity contribution in [1.29, 1.82) is 0 Å². The Morgan fingerprint density at radius 3 is 2.83 bits per heavy atom. The fraction of sp³-hybridized carbons (Fsp3) is 0.733. The van der Waals surface area contributed by atoms with E-state index in [1.54, 1.807) is 4.90 Å². The van der Waals surface area contributed by atoms with Crippen LogP contribution in [0.3, 0.4) is 0 Å². The highest BCUT2D eigenvalue weighted by Gasteiger charge is 2.37. The van der Waals surface area contributed by atoms with Crippen molar-refractivity contribution < 1.29 is 22.7 Å². The van der Waals surface area contributed by atoms with E-state index in [-0.39, 0.29) is 17.9 Å². The van der Waals surface area contributed by atoms with Gasteiger partial charge in [0.1, 0.15) is 6.10 Å². The quantitative estimate of drug-likeness (QED) is 0.871. The number of aromatic nitrogens is 2. The number of nitrogens with one attached hydrogen (secondary N) is 1. The molecule has 3 rings (SSSR count). The number of H-pyrrole nitrogens is 1. The Morgan fingerprint density at radius 1 is 1.42 bits per heavy atom. The van der Waals surface area contributed by atoms with Crippen LogP contribution in [0, 0.1) is 0 Å². The number of aromatic amines is 1. The van der Waals surface area contributed by atoms with Crippen molar-refractivity contribution in [2.24, 2.45) is 5.73 Å². The van der Waals surface area contributed by atoms with E-state index >= 15 is 0 Å². The molecule has 2 aliphatic rings. The van der Waals surface area contributed by atoms with Gasteiger partial charge in [-0.3, -0.25) is 9.89 Å². The van der Waals surface area contributed by atoms with Crippen molar-refractivity contribution in [2.75, 3.05) is 19.6 Å². The number of nitrogens with zero attached hydrogens (tertiary/aromatic N) is 2. The van der Waals surface area contributed by atoms with E-state index in [0.717, 1.165) is 25.3 Å². The normalized spacial score (nSPS) is 28.3. The average Bonchev–Trinajstić information content (AvgIpc) is 3.23. The Morgan fingerprint density at radius 2 is 2.21 bits per heavy atom. The summed E-state index contributed by atoms with van der Waals surface area (Å²) in [7, 11) is 0. The standard InChI is InChI=1S/C15H21F3N4O2/c16-15(17,18)13-6-11(20-21-13)9-2-1-5-22(8-9)14(23)12-4-3-10(7-19)24-12/h6,9-10,12H,1-5,7-8,19H2,(H,20,21)/t9?,10-,12+/m1/s1. The molecule has 2 aliphatic heterocycles. The Labute approximate surface area is 137 Å². The zero-order valence-corrected chi connectivity index (χ0v) is 13.2. The number of carbonyl (C=O) groups excluding carboxylic acids is 1. The van der Waals surface area contributed by atoms with E-state index in [9.17, 15) is 18.0 Å². The van der Waals surface area contributed by atoms with Crippen LogP contribution in [0.2, 0.25) is 0 Å². The van der Waals surface area contributed by atoms with Gasteiger partial charge in [-0.25, -0.2) is 0 Å². The molecule has 3 atom stereocenters. The Kier molecular flexibility index (Phi) is 4.82. The zero-order chi connectivity index (χ0) is 17.3. The summed E-state index contributed by atoms with van der Waals surface area (Å²) in [5.41, 5.74) is 5.06. The molecule has 1 amide bonds. The van der Waals surface area contributed by atoms with Crippen LogP contribution in [0.15, 0.2) is 6.07 Å². The summed E-state index contributed by atoms with van der Waals surface area (Å²) in [5.74, 6) is -0.260. The molecular weight excluding hydrogens is 325 g/mol. The second-order valence-corrected chi connectivity index (χ2v) is 6.39. The van der Waals surface area contributed by atoms with Gasteiger partial charge in [-0.05, 0) is 31.7 Å². The highest BCUT2D eigenvalue weighted by molar-refractivity contribution is 5.81. The topological polar surface area (TPSA) is 84.2 Å². The van der Waals surface area contributed by atoms with Crippen LogP contribution < -0.4 is 5.73 Å². The molecule has 24 heavy (non-hydrogen) atoms. The Hall–Kier alpha value is -1.61. The van der Waals surface area contributed by atoms with Gasteiger partial charge < -0.3 is 15.4 Å². The van der Waals surface area contributed by atoms with Crippen molar-refractivity contribution in [3.05, 3.63) is 17.5 Å². The monoisotopic (exact) mass is 346 g/mol. The highest BCUT2D eigenvalue weighted by atomic mass is 19.4. The van der Waals surface area contributed by atoms with Crippen LogP contribution in [-0.4, -0.2) is 52.8 Å². The van der Waals surface area contributed by atoms with Gasteiger partial charge >= 0.3 is 6.18 Å². The Bertz CT molecular complexity index is 590. The maximum absolute atomic E-state index is 12.7. The van der Waals surface area contributed by atoms with Gasteiger partial charge in [0.2, 0.25) is 0 Å². The molecule has 1 aromatic rings. The van der Waals surface area contributed by atoms with E-state index in [4.69, 9.17) is 10.5 Å². The molecule has 3 N–H and O–H groups in total. The van der Waals surface area contributed by atoms with Crippen molar-refractivity contribution in [2.45, 2.75) is 50.0 Å². The maximum Gasteiger partial charge on any atom is 0.435 e. The summed E-state index contributed by atoms with van der Waals surface area (Å²) in [5, 5.41) is 5.81. The first-order valence-electron chi connectivity index (χ1n) is 8.15. The fourth-order valence-electron chi connectivity index (χ4n) is 3.39. The van der Waals surface area contributed by atoms with Crippen LogP contribution >= 0.6 is 0 Å². The molecule has 0 saturated carbocycles. The van der Waals surface area contributed by atoms with Gasteiger partial charge in [-0.1, -0.05) is 0 Å². The largest absolute Gasteiger partial charge is 0.435 e. The molecule has 134 valence electrons. The van der Waals surface area contributed by atoms with Gasteiger partial charge in [0.15, 0.2) is 5.69 Å². The van der Waals surface area contributed by atoms with Crippen LogP contribution in [0.5, 0.6) is 0 Å². The minimum Gasteiger partial charge on any atom is -0.364 e. The zero-order valence-electron chi connectivity index (χ0n) is 13.2. The number of halogens is 3. The molecule has 1 unspecified atom stereocenters. The molecule has 9 heteroatoms. The minimum atomic E-state index is -4.46. The highest BCUT2D eigenvalue weighted by Crippen LogP contribution is 2.32. The van der Waals surface area contributed by atoms with Crippen LogP contribution in [0.1, 0.15) is 43.0 Å². The maximum atomic E-state index is 12.7. The first-order valence-corrected chi connectivity index (χ1v) is 8.15. The van der Waals surface area contributed by atoms with Gasteiger partial charge in [-0.2, -0.15) is 18.3 Å².